The molecule has 2 aromatic rings. The Morgan fingerprint density at radius 1 is 1.42 bits per heavy atom. The molecule has 1 aromatic carbocycles. The summed E-state index contributed by atoms with van der Waals surface area (Å²) in [5.74, 6) is 0.133. The Hall–Kier alpha value is -2.01. The number of ether oxygens (including phenoxy) is 1. The number of cyclic esters (lactones) is 1. The van der Waals surface area contributed by atoms with Gasteiger partial charge in [-0.15, -0.1) is 0 Å². The van der Waals surface area contributed by atoms with E-state index in [0.717, 1.165) is 11.4 Å². The minimum Gasteiger partial charge on any atom is -0.459 e. The third kappa shape index (κ3) is 2.29. The van der Waals surface area contributed by atoms with Gasteiger partial charge in [0.15, 0.2) is 5.82 Å². The van der Waals surface area contributed by atoms with E-state index in [2.05, 4.69) is 15.5 Å². The fraction of sp³-hybridized carbons (Fsp3) is 0.231. The Morgan fingerprint density at radius 3 is 2.89 bits per heavy atom. The highest BCUT2D eigenvalue weighted by Gasteiger charge is 2.29. The molecule has 0 saturated heterocycles. The zero-order valence-corrected chi connectivity index (χ0v) is 11.0. The van der Waals surface area contributed by atoms with E-state index in [9.17, 15) is 4.79 Å². The molecule has 0 bridgehead atoms. The fourth-order valence-electron chi connectivity index (χ4n) is 2.08. The summed E-state index contributed by atoms with van der Waals surface area (Å²) in [4.78, 5) is 11.9. The molecule has 0 aliphatic carbocycles. The number of nitrogens with zero attached hydrogens (tertiary/aromatic N) is 1. The molecule has 5 nitrogen and oxygen atoms in total. The summed E-state index contributed by atoms with van der Waals surface area (Å²) in [6, 6.07) is 7.17. The Balaban J connectivity index is 1.91. The fourth-order valence-corrected chi connectivity index (χ4v) is 2.20. The van der Waals surface area contributed by atoms with Crippen LogP contribution in [0.4, 0.5) is 11.5 Å². The summed E-state index contributed by atoms with van der Waals surface area (Å²) in [6.07, 6.45) is 0.528. The predicted octanol–water partition coefficient (Wildman–Crippen LogP) is 2.91. The van der Waals surface area contributed by atoms with Crippen molar-refractivity contribution in [1.82, 2.24) is 10.2 Å². The van der Waals surface area contributed by atoms with Gasteiger partial charge in [0, 0.05) is 17.1 Å². The number of hydrogen-bond donors (Lipinski definition) is 2. The largest absolute Gasteiger partial charge is 0.459 e. The first-order valence-electron chi connectivity index (χ1n) is 5.94. The van der Waals surface area contributed by atoms with Crippen molar-refractivity contribution in [1.29, 1.82) is 0 Å². The normalized spacial score (nSPS) is 17.8. The summed E-state index contributed by atoms with van der Waals surface area (Å²) < 4.78 is 5.21. The number of anilines is 2. The number of esters is 1. The van der Waals surface area contributed by atoms with E-state index in [0.29, 0.717) is 22.8 Å². The zero-order valence-electron chi connectivity index (χ0n) is 10.2. The molecule has 1 aliphatic heterocycles. The van der Waals surface area contributed by atoms with Gasteiger partial charge in [0.1, 0.15) is 11.7 Å². The van der Waals surface area contributed by atoms with Crippen LogP contribution in [0.15, 0.2) is 24.3 Å². The summed E-state index contributed by atoms with van der Waals surface area (Å²) in [5.41, 5.74) is 2.10. The van der Waals surface area contributed by atoms with Gasteiger partial charge in [-0.3, -0.25) is 5.10 Å². The van der Waals surface area contributed by atoms with E-state index in [1.165, 1.54) is 0 Å². The summed E-state index contributed by atoms with van der Waals surface area (Å²) in [7, 11) is 0. The average Bonchev–Trinajstić information content (AvgIpc) is 2.75. The molecule has 0 amide bonds. The number of nitrogens with one attached hydrogen (secondary N) is 2. The molecule has 0 radical (unpaired) electrons. The average molecular weight is 278 g/mol. The Labute approximate surface area is 114 Å². The van der Waals surface area contributed by atoms with Gasteiger partial charge in [0.2, 0.25) is 0 Å². The second kappa shape index (κ2) is 4.59. The van der Waals surface area contributed by atoms with Gasteiger partial charge in [-0.1, -0.05) is 11.6 Å². The van der Waals surface area contributed by atoms with Crippen molar-refractivity contribution >= 4 is 29.1 Å². The van der Waals surface area contributed by atoms with Crippen molar-refractivity contribution in [2.45, 2.75) is 19.4 Å². The van der Waals surface area contributed by atoms with Crippen LogP contribution in [0.3, 0.4) is 0 Å². The van der Waals surface area contributed by atoms with Crippen LogP contribution in [-0.4, -0.2) is 22.3 Å². The van der Waals surface area contributed by atoms with E-state index >= 15 is 0 Å². The van der Waals surface area contributed by atoms with Crippen LogP contribution < -0.4 is 5.32 Å². The molecule has 1 aromatic heterocycles. The second-order valence-corrected chi connectivity index (χ2v) is 4.91. The molecule has 1 unspecified atom stereocenters. The van der Waals surface area contributed by atoms with E-state index in [-0.39, 0.29) is 12.1 Å². The van der Waals surface area contributed by atoms with Crippen molar-refractivity contribution < 1.29 is 9.53 Å². The molecular formula is C13H12ClN3O2. The Bertz CT molecular complexity index is 621. The molecule has 2 N–H and O–H groups in total. The quantitative estimate of drug-likeness (QED) is 0.828. The Kier molecular flexibility index (Phi) is 2.91. The molecular weight excluding hydrogens is 266 g/mol. The van der Waals surface area contributed by atoms with Crippen LogP contribution in [0.1, 0.15) is 23.0 Å². The summed E-state index contributed by atoms with van der Waals surface area (Å²) in [6.45, 7) is 1.86. The minimum absolute atomic E-state index is 0.121. The number of H-pyrrole nitrogens is 1. The summed E-state index contributed by atoms with van der Waals surface area (Å²) in [5, 5.41) is 10.7. The molecule has 98 valence electrons. The van der Waals surface area contributed by atoms with Crippen LogP contribution in [0.5, 0.6) is 0 Å². The lowest BCUT2D eigenvalue weighted by atomic mass is 10.1. The first-order chi connectivity index (χ1) is 9.13. The first-order valence-corrected chi connectivity index (χ1v) is 6.32. The van der Waals surface area contributed by atoms with Gasteiger partial charge in [-0.2, -0.15) is 5.10 Å². The number of rotatable bonds is 2. The molecule has 1 aliphatic rings. The summed E-state index contributed by atoms with van der Waals surface area (Å²) >= 11 is 5.82. The van der Waals surface area contributed by atoms with Crippen molar-refractivity contribution in [3.8, 4) is 0 Å². The maximum absolute atomic E-state index is 11.9. The van der Waals surface area contributed by atoms with Crippen LogP contribution in [0.25, 0.3) is 0 Å². The van der Waals surface area contributed by atoms with Crippen LogP contribution in [0.2, 0.25) is 5.02 Å². The Morgan fingerprint density at radius 2 is 2.16 bits per heavy atom. The topological polar surface area (TPSA) is 67.0 Å². The van der Waals surface area contributed by atoms with Crippen molar-refractivity contribution in [3.63, 3.8) is 0 Å². The number of benzene rings is 1. The highest BCUT2D eigenvalue weighted by Crippen LogP contribution is 2.27. The first kappa shape index (κ1) is 12.0. The maximum Gasteiger partial charge on any atom is 0.344 e. The number of hydrogen-bond acceptors (Lipinski definition) is 4. The van der Waals surface area contributed by atoms with E-state index in [4.69, 9.17) is 16.3 Å². The van der Waals surface area contributed by atoms with Gasteiger partial charge >= 0.3 is 5.97 Å². The van der Waals surface area contributed by atoms with Crippen LogP contribution in [0, 0.1) is 0 Å². The van der Waals surface area contributed by atoms with Gasteiger partial charge < -0.3 is 10.1 Å². The number of halogens is 1. The smallest absolute Gasteiger partial charge is 0.344 e. The molecule has 19 heavy (non-hydrogen) atoms. The van der Waals surface area contributed by atoms with Crippen molar-refractivity contribution in [2.24, 2.45) is 0 Å². The minimum atomic E-state index is -0.348. The van der Waals surface area contributed by atoms with Crippen molar-refractivity contribution in [2.75, 3.05) is 5.32 Å². The molecule has 0 fully saturated rings. The lowest BCUT2D eigenvalue weighted by Crippen LogP contribution is -2.25. The van der Waals surface area contributed by atoms with Gasteiger partial charge in [0.05, 0.1) is 5.69 Å². The lowest BCUT2D eigenvalue weighted by molar-refractivity contribution is 0.0301. The van der Waals surface area contributed by atoms with Crippen LogP contribution >= 0.6 is 11.6 Å². The zero-order chi connectivity index (χ0) is 13.4. The molecule has 1 atom stereocenters. The highest BCUT2D eigenvalue weighted by molar-refractivity contribution is 6.30. The number of fused-ring (bicyclic) bond motifs is 1. The number of aromatic amines is 1. The SMILES string of the molecule is CC1Cc2[nH]nc(Nc3ccc(Cl)cc3)c2C(=O)O1. The molecule has 2 heterocycles. The molecule has 6 heteroatoms. The van der Waals surface area contributed by atoms with Crippen molar-refractivity contribution in [3.05, 3.63) is 40.5 Å². The lowest BCUT2D eigenvalue weighted by Gasteiger charge is -2.18. The number of carbonyl (C=O) groups excluding carboxylic acids is 1. The monoisotopic (exact) mass is 277 g/mol. The predicted molar refractivity (Wildman–Crippen MR) is 71.9 cm³/mol. The third-order valence-corrected chi connectivity index (χ3v) is 3.20. The van der Waals surface area contributed by atoms with E-state index in [1.54, 1.807) is 12.1 Å². The maximum atomic E-state index is 11.9. The van der Waals surface area contributed by atoms with Crippen LogP contribution in [-0.2, 0) is 11.2 Å². The van der Waals surface area contributed by atoms with Gasteiger partial charge in [-0.05, 0) is 31.2 Å². The van der Waals surface area contributed by atoms with E-state index in [1.807, 2.05) is 19.1 Å². The third-order valence-electron chi connectivity index (χ3n) is 2.95. The molecule has 3 rings (SSSR count). The second-order valence-electron chi connectivity index (χ2n) is 4.48. The number of aromatic nitrogens is 2. The van der Waals surface area contributed by atoms with E-state index < -0.39 is 0 Å². The van der Waals surface area contributed by atoms with Gasteiger partial charge in [0.25, 0.3) is 0 Å². The van der Waals surface area contributed by atoms with Gasteiger partial charge in [-0.25, -0.2) is 4.79 Å². The molecule has 0 spiro atoms. The molecule has 0 saturated carbocycles. The number of carbonyl (C=O) groups is 1. The highest BCUT2D eigenvalue weighted by atomic mass is 35.5. The standard InChI is InChI=1S/C13H12ClN3O2/c1-7-6-10-11(13(18)19-7)12(17-16-10)15-9-4-2-8(14)3-5-9/h2-5,7H,6H2,1H3,(H2,15,16,17).